The molecule has 1 atom stereocenters. The maximum absolute atomic E-state index is 11.9. The second-order valence-corrected chi connectivity index (χ2v) is 3.65. The van der Waals surface area contributed by atoms with Crippen molar-refractivity contribution in [3.05, 3.63) is 0 Å². The number of hydrogen-bond donors (Lipinski definition) is 1. The summed E-state index contributed by atoms with van der Waals surface area (Å²) in [5.41, 5.74) is 0. The highest BCUT2D eigenvalue weighted by molar-refractivity contribution is 5.84. The molecule has 92 valence electrons. The molecular formula is C10H17NO5. The van der Waals surface area contributed by atoms with Crippen molar-refractivity contribution in [2.45, 2.75) is 18.9 Å². The van der Waals surface area contributed by atoms with E-state index in [0.717, 1.165) is 6.42 Å². The molecule has 0 bridgehead atoms. The Bertz CT molecular complexity index is 250. The molecule has 1 fully saturated rings. The van der Waals surface area contributed by atoms with E-state index in [1.807, 2.05) is 0 Å². The molecule has 0 aromatic heterocycles. The van der Waals surface area contributed by atoms with E-state index < -0.39 is 12.1 Å². The average molecular weight is 231 g/mol. The smallest absolute Gasteiger partial charge is 0.323 e. The van der Waals surface area contributed by atoms with Crippen LogP contribution in [0.2, 0.25) is 0 Å². The van der Waals surface area contributed by atoms with Crippen molar-refractivity contribution in [3.63, 3.8) is 0 Å². The molecule has 0 spiro atoms. The van der Waals surface area contributed by atoms with Crippen LogP contribution in [0.15, 0.2) is 0 Å². The Hall–Kier alpha value is -1.14. The zero-order valence-electron chi connectivity index (χ0n) is 9.35. The molecule has 6 heteroatoms. The van der Waals surface area contributed by atoms with Gasteiger partial charge in [0.25, 0.3) is 5.91 Å². The van der Waals surface area contributed by atoms with Gasteiger partial charge >= 0.3 is 5.97 Å². The first-order valence-electron chi connectivity index (χ1n) is 5.26. The molecule has 1 aliphatic rings. The predicted molar refractivity (Wildman–Crippen MR) is 55.1 cm³/mol. The van der Waals surface area contributed by atoms with Crippen molar-refractivity contribution in [1.82, 2.24) is 4.90 Å². The van der Waals surface area contributed by atoms with Gasteiger partial charge in [-0.1, -0.05) is 0 Å². The molecule has 1 N–H and O–H groups in total. The van der Waals surface area contributed by atoms with E-state index >= 15 is 0 Å². The van der Waals surface area contributed by atoms with Gasteiger partial charge in [-0.15, -0.1) is 0 Å². The summed E-state index contributed by atoms with van der Waals surface area (Å²) in [6.45, 7) is 0.872. The molecule has 16 heavy (non-hydrogen) atoms. The second-order valence-electron chi connectivity index (χ2n) is 3.65. The van der Waals surface area contributed by atoms with E-state index in [-0.39, 0.29) is 19.0 Å². The van der Waals surface area contributed by atoms with Gasteiger partial charge in [-0.25, -0.2) is 0 Å². The normalized spacial score (nSPS) is 19.7. The molecule has 0 unspecified atom stereocenters. The third-order valence-electron chi connectivity index (χ3n) is 2.41. The third kappa shape index (κ3) is 3.79. The number of carbonyl (C=O) groups excluding carboxylic acids is 1. The largest absolute Gasteiger partial charge is 0.480 e. The Labute approximate surface area is 94.1 Å². The first-order valence-corrected chi connectivity index (χ1v) is 5.26. The highest BCUT2D eigenvalue weighted by Gasteiger charge is 2.28. The second kappa shape index (κ2) is 6.44. The van der Waals surface area contributed by atoms with Gasteiger partial charge in [-0.3, -0.25) is 9.59 Å². The summed E-state index contributed by atoms with van der Waals surface area (Å²) < 4.78 is 10.1. The highest BCUT2D eigenvalue weighted by Crippen LogP contribution is 2.14. The van der Waals surface area contributed by atoms with Gasteiger partial charge < -0.3 is 19.5 Å². The number of methoxy groups -OCH3 is 1. The minimum Gasteiger partial charge on any atom is -0.480 e. The Morgan fingerprint density at radius 2 is 2.31 bits per heavy atom. The topological polar surface area (TPSA) is 76.1 Å². The SMILES string of the molecule is COCCN(CC(=O)O)C(=O)[C@@H]1CCCO1. The molecule has 1 rings (SSSR count). The number of aliphatic carboxylic acids is 1. The molecule has 0 radical (unpaired) electrons. The molecule has 6 nitrogen and oxygen atoms in total. The van der Waals surface area contributed by atoms with Crippen LogP contribution >= 0.6 is 0 Å². The molecule has 0 aromatic rings. The Morgan fingerprint density at radius 3 is 2.81 bits per heavy atom. The lowest BCUT2D eigenvalue weighted by molar-refractivity contribution is -0.149. The van der Waals surface area contributed by atoms with Crippen molar-refractivity contribution in [3.8, 4) is 0 Å². The summed E-state index contributed by atoms with van der Waals surface area (Å²) in [5, 5.41) is 8.70. The molecular weight excluding hydrogens is 214 g/mol. The van der Waals surface area contributed by atoms with Gasteiger partial charge in [-0.2, -0.15) is 0 Å². The average Bonchev–Trinajstić information content (AvgIpc) is 2.76. The number of nitrogens with zero attached hydrogens (tertiary/aromatic N) is 1. The van der Waals surface area contributed by atoms with Gasteiger partial charge in [0.2, 0.25) is 0 Å². The van der Waals surface area contributed by atoms with Crippen LogP contribution in [0.25, 0.3) is 0 Å². The van der Waals surface area contributed by atoms with E-state index in [2.05, 4.69) is 0 Å². The van der Waals surface area contributed by atoms with Crippen LogP contribution in [0.4, 0.5) is 0 Å². The molecule has 0 aliphatic carbocycles. The zero-order valence-corrected chi connectivity index (χ0v) is 9.35. The van der Waals surface area contributed by atoms with Gasteiger partial charge in [0.1, 0.15) is 12.6 Å². The van der Waals surface area contributed by atoms with E-state index in [4.69, 9.17) is 14.6 Å². The zero-order chi connectivity index (χ0) is 12.0. The molecule has 1 saturated heterocycles. The number of carboxylic acids is 1. The third-order valence-corrected chi connectivity index (χ3v) is 2.41. The van der Waals surface area contributed by atoms with Crippen LogP contribution in [0, 0.1) is 0 Å². The molecule has 1 heterocycles. The Kier molecular flexibility index (Phi) is 5.21. The number of carbonyl (C=O) groups is 2. The monoisotopic (exact) mass is 231 g/mol. The summed E-state index contributed by atoms with van der Waals surface area (Å²) >= 11 is 0. The molecule has 1 amide bonds. The van der Waals surface area contributed by atoms with Gasteiger partial charge in [0, 0.05) is 20.3 Å². The molecule has 0 aromatic carbocycles. The summed E-state index contributed by atoms with van der Waals surface area (Å²) in [4.78, 5) is 23.8. The van der Waals surface area contributed by atoms with E-state index in [9.17, 15) is 9.59 Å². The fraction of sp³-hybridized carbons (Fsp3) is 0.800. The van der Waals surface area contributed by atoms with Crippen LogP contribution in [0.5, 0.6) is 0 Å². The van der Waals surface area contributed by atoms with Gasteiger partial charge in [0.05, 0.1) is 6.61 Å². The molecule has 1 aliphatic heterocycles. The Morgan fingerprint density at radius 1 is 1.56 bits per heavy atom. The van der Waals surface area contributed by atoms with Crippen molar-refractivity contribution in [2.75, 3.05) is 33.4 Å². The minimum absolute atomic E-state index is 0.253. The number of ether oxygens (including phenoxy) is 2. The summed E-state index contributed by atoms with van der Waals surface area (Å²) in [7, 11) is 1.51. The van der Waals surface area contributed by atoms with Gasteiger partial charge in [-0.05, 0) is 12.8 Å². The summed E-state index contributed by atoms with van der Waals surface area (Å²) in [6.07, 6.45) is 1.04. The van der Waals surface area contributed by atoms with Crippen LogP contribution in [-0.2, 0) is 19.1 Å². The lowest BCUT2D eigenvalue weighted by Crippen LogP contribution is -2.43. The maximum atomic E-state index is 11.9. The maximum Gasteiger partial charge on any atom is 0.323 e. The first kappa shape index (κ1) is 12.9. The lowest BCUT2D eigenvalue weighted by atomic mass is 10.2. The quantitative estimate of drug-likeness (QED) is 0.680. The summed E-state index contributed by atoms with van der Waals surface area (Å²) in [5.74, 6) is -1.28. The van der Waals surface area contributed by atoms with E-state index in [1.165, 1.54) is 12.0 Å². The van der Waals surface area contributed by atoms with E-state index in [1.54, 1.807) is 0 Å². The van der Waals surface area contributed by atoms with Crippen LogP contribution in [0.3, 0.4) is 0 Å². The number of carboxylic acid groups (broad SMARTS) is 1. The Balaban J connectivity index is 2.51. The van der Waals surface area contributed by atoms with E-state index in [0.29, 0.717) is 19.6 Å². The van der Waals surface area contributed by atoms with Crippen LogP contribution in [0.1, 0.15) is 12.8 Å². The number of hydrogen-bond acceptors (Lipinski definition) is 4. The van der Waals surface area contributed by atoms with Crippen molar-refractivity contribution in [2.24, 2.45) is 0 Å². The number of amides is 1. The fourth-order valence-corrected chi connectivity index (χ4v) is 1.61. The van der Waals surface area contributed by atoms with Crippen LogP contribution < -0.4 is 0 Å². The number of rotatable bonds is 6. The van der Waals surface area contributed by atoms with Crippen molar-refractivity contribution >= 4 is 11.9 Å². The fourth-order valence-electron chi connectivity index (χ4n) is 1.61. The lowest BCUT2D eigenvalue weighted by Gasteiger charge is -2.23. The standard InChI is InChI=1S/C10H17NO5/c1-15-6-4-11(7-9(12)13)10(14)8-3-2-5-16-8/h8H,2-7H2,1H3,(H,12,13)/t8-/m0/s1. The highest BCUT2D eigenvalue weighted by atomic mass is 16.5. The first-order chi connectivity index (χ1) is 7.65. The van der Waals surface area contributed by atoms with Gasteiger partial charge in [0.15, 0.2) is 0 Å². The van der Waals surface area contributed by atoms with Crippen LogP contribution in [-0.4, -0.2) is 61.4 Å². The minimum atomic E-state index is -1.03. The van der Waals surface area contributed by atoms with Crippen molar-refractivity contribution < 1.29 is 24.2 Å². The summed E-state index contributed by atoms with van der Waals surface area (Å²) in [6, 6.07) is 0. The predicted octanol–water partition coefficient (Wildman–Crippen LogP) is -0.275. The molecule has 0 saturated carbocycles. The van der Waals surface area contributed by atoms with Crippen molar-refractivity contribution in [1.29, 1.82) is 0 Å².